The molecule has 0 fully saturated rings. The van der Waals surface area contributed by atoms with Gasteiger partial charge in [0.25, 0.3) is 5.91 Å². The van der Waals surface area contributed by atoms with E-state index in [2.05, 4.69) is 5.32 Å². The number of carbonyl (C=O) groups is 1. The SMILES string of the molecule is Cc1c(N)cccc1C(=O)N[C@H](C)c1ccco1. The average Bonchev–Trinajstić information content (AvgIpc) is 2.86. The molecule has 0 radical (unpaired) electrons. The maximum atomic E-state index is 12.1. The standard InChI is InChI=1S/C14H16N2O2/c1-9-11(5-3-6-12(9)15)14(17)16-10(2)13-7-4-8-18-13/h3-8,10H,15H2,1-2H3,(H,16,17)/t10-/m1/s1. The van der Waals surface area contributed by atoms with E-state index >= 15 is 0 Å². The molecule has 0 unspecified atom stereocenters. The Morgan fingerprint density at radius 1 is 1.33 bits per heavy atom. The zero-order valence-electron chi connectivity index (χ0n) is 10.4. The van der Waals surface area contributed by atoms with Crippen LogP contribution in [-0.2, 0) is 0 Å². The number of benzene rings is 1. The molecular formula is C14H16N2O2. The number of rotatable bonds is 3. The molecule has 0 saturated carbocycles. The van der Waals surface area contributed by atoms with Crippen molar-refractivity contribution in [3.63, 3.8) is 0 Å². The van der Waals surface area contributed by atoms with E-state index in [-0.39, 0.29) is 11.9 Å². The molecule has 94 valence electrons. The summed E-state index contributed by atoms with van der Waals surface area (Å²) >= 11 is 0. The number of amides is 1. The Morgan fingerprint density at radius 3 is 2.78 bits per heavy atom. The highest BCUT2D eigenvalue weighted by Gasteiger charge is 2.15. The highest BCUT2D eigenvalue weighted by atomic mass is 16.3. The van der Waals surface area contributed by atoms with Gasteiger partial charge in [-0.15, -0.1) is 0 Å². The first-order valence-electron chi connectivity index (χ1n) is 5.79. The predicted octanol–water partition coefficient (Wildman–Crippen LogP) is 2.66. The van der Waals surface area contributed by atoms with Crippen molar-refractivity contribution in [3.8, 4) is 0 Å². The second-order valence-electron chi connectivity index (χ2n) is 4.23. The third-order valence-corrected chi connectivity index (χ3v) is 2.94. The molecule has 1 aromatic heterocycles. The summed E-state index contributed by atoms with van der Waals surface area (Å²) in [7, 11) is 0. The van der Waals surface area contributed by atoms with Crippen molar-refractivity contribution in [2.45, 2.75) is 19.9 Å². The Kier molecular flexibility index (Phi) is 3.37. The van der Waals surface area contributed by atoms with E-state index in [1.54, 1.807) is 30.5 Å². The Balaban J connectivity index is 2.15. The lowest BCUT2D eigenvalue weighted by atomic mass is 10.1. The molecule has 4 nitrogen and oxygen atoms in total. The fourth-order valence-electron chi connectivity index (χ4n) is 1.78. The van der Waals surface area contributed by atoms with Crippen LogP contribution in [0, 0.1) is 6.92 Å². The van der Waals surface area contributed by atoms with Gasteiger partial charge in [-0.05, 0) is 43.7 Å². The van der Waals surface area contributed by atoms with E-state index < -0.39 is 0 Å². The fraction of sp³-hybridized carbons (Fsp3) is 0.214. The third-order valence-electron chi connectivity index (χ3n) is 2.94. The molecule has 1 aromatic carbocycles. The average molecular weight is 244 g/mol. The smallest absolute Gasteiger partial charge is 0.252 e. The van der Waals surface area contributed by atoms with Gasteiger partial charge in [0.05, 0.1) is 12.3 Å². The minimum Gasteiger partial charge on any atom is -0.467 e. The van der Waals surface area contributed by atoms with E-state index in [0.29, 0.717) is 11.3 Å². The summed E-state index contributed by atoms with van der Waals surface area (Å²) in [5.74, 6) is 0.577. The minimum atomic E-state index is -0.173. The van der Waals surface area contributed by atoms with Gasteiger partial charge in [0.15, 0.2) is 0 Å². The number of nitrogens with one attached hydrogen (secondary N) is 1. The molecule has 1 atom stereocenters. The molecule has 0 aliphatic heterocycles. The summed E-state index contributed by atoms with van der Waals surface area (Å²) in [6.07, 6.45) is 1.59. The second-order valence-corrected chi connectivity index (χ2v) is 4.23. The quantitative estimate of drug-likeness (QED) is 0.815. The molecule has 2 aromatic rings. The van der Waals surface area contributed by atoms with Gasteiger partial charge in [0.2, 0.25) is 0 Å². The van der Waals surface area contributed by atoms with Crippen molar-refractivity contribution < 1.29 is 9.21 Å². The van der Waals surface area contributed by atoms with Crippen LogP contribution in [-0.4, -0.2) is 5.91 Å². The normalized spacial score (nSPS) is 12.1. The zero-order valence-corrected chi connectivity index (χ0v) is 10.4. The Labute approximate surface area is 106 Å². The summed E-state index contributed by atoms with van der Waals surface area (Å²) in [6.45, 7) is 3.71. The first-order chi connectivity index (χ1) is 8.59. The van der Waals surface area contributed by atoms with Gasteiger partial charge in [-0.3, -0.25) is 4.79 Å². The number of anilines is 1. The first kappa shape index (κ1) is 12.2. The summed E-state index contributed by atoms with van der Waals surface area (Å²) in [6, 6.07) is 8.77. The van der Waals surface area contributed by atoms with E-state index in [4.69, 9.17) is 10.2 Å². The lowest BCUT2D eigenvalue weighted by Crippen LogP contribution is -2.27. The molecule has 0 bridgehead atoms. The van der Waals surface area contributed by atoms with Gasteiger partial charge in [-0.2, -0.15) is 0 Å². The number of nitrogens with two attached hydrogens (primary N) is 1. The molecule has 1 amide bonds. The Morgan fingerprint density at radius 2 is 2.11 bits per heavy atom. The first-order valence-corrected chi connectivity index (χ1v) is 5.79. The van der Waals surface area contributed by atoms with Crippen molar-refractivity contribution in [3.05, 3.63) is 53.5 Å². The van der Waals surface area contributed by atoms with Crippen molar-refractivity contribution in [2.75, 3.05) is 5.73 Å². The van der Waals surface area contributed by atoms with Crippen LogP contribution >= 0.6 is 0 Å². The van der Waals surface area contributed by atoms with Crippen LogP contribution < -0.4 is 11.1 Å². The van der Waals surface area contributed by atoms with E-state index in [0.717, 1.165) is 11.3 Å². The van der Waals surface area contributed by atoms with Gasteiger partial charge >= 0.3 is 0 Å². The molecule has 18 heavy (non-hydrogen) atoms. The largest absolute Gasteiger partial charge is 0.467 e. The van der Waals surface area contributed by atoms with Gasteiger partial charge in [-0.1, -0.05) is 6.07 Å². The molecule has 1 heterocycles. The van der Waals surface area contributed by atoms with Crippen LogP contribution in [0.15, 0.2) is 41.0 Å². The highest BCUT2D eigenvalue weighted by Crippen LogP contribution is 2.18. The highest BCUT2D eigenvalue weighted by molar-refractivity contribution is 5.97. The van der Waals surface area contributed by atoms with E-state index in [1.807, 2.05) is 19.9 Å². The molecule has 0 spiro atoms. The van der Waals surface area contributed by atoms with Gasteiger partial charge in [0, 0.05) is 11.3 Å². The van der Waals surface area contributed by atoms with Crippen LogP contribution in [0.4, 0.5) is 5.69 Å². The maximum Gasteiger partial charge on any atom is 0.252 e. The molecule has 0 aliphatic carbocycles. The number of furan rings is 1. The minimum absolute atomic E-state index is 0.149. The van der Waals surface area contributed by atoms with Crippen LogP contribution in [0.1, 0.15) is 34.6 Å². The lowest BCUT2D eigenvalue weighted by Gasteiger charge is -2.13. The van der Waals surface area contributed by atoms with Crippen molar-refractivity contribution in [1.29, 1.82) is 0 Å². The molecule has 2 rings (SSSR count). The topological polar surface area (TPSA) is 68.3 Å². The van der Waals surface area contributed by atoms with Crippen molar-refractivity contribution in [1.82, 2.24) is 5.32 Å². The molecule has 0 saturated heterocycles. The number of hydrogen-bond acceptors (Lipinski definition) is 3. The second kappa shape index (κ2) is 4.96. The summed E-state index contributed by atoms with van der Waals surface area (Å²) in [5, 5.41) is 2.88. The molecule has 4 heteroatoms. The Hall–Kier alpha value is -2.23. The predicted molar refractivity (Wildman–Crippen MR) is 70.2 cm³/mol. The zero-order chi connectivity index (χ0) is 13.1. The van der Waals surface area contributed by atoms with E-state index in [9.17, 15) is 4.79 Å². The summed E-state index contributed by atoms with van der Waals surface area (Å²) < 4.78 is 5.25. The third kappa shape index (κ3) is 2.37. The van der Waals surface area contributed by atoms with Gasteiger partial charge in [0.1, 0.15) is 5.76 Å². The molecular weight excluding hydrogens is 228 g/mol. The van der Waals surface area contributed by atoms with Crippen LogP contribution in [0.25, 0.3) is 0 Å². The van der Waals surface area contributed by atoms with Crippen molar-refractivity contribution in [2.24, 2.45) is 0 Å². The molecule has 3 N–H and O–H groups in total. The fourth-order valence-corrected chi connectivity index (χ4v) is 1.78. The molecule has 0 aliphatic rings. The number of hydrogen-bond donors (Lipinski definition) is 2. The number of carbonyl (C=O) groups excluding carboxylic acids is 1. The summed E-state index contributed by atoms with van der Waals surface area (Å²) in [4.78, 5) is 12.1. The maximum absolute atomic E-state index is 12.1. The van der Waals surface area contributed by atoms with Gasteiger partial charge < -0.3 is 15.5 Å². The summed E-state index contributed by atoms with van der Waals surface area (Å²) in [5.41, 5.74) is 7.79. The van der Waals surface area contributed by atoms with Crippen LogP contribution in [0.3, 0.4) is 0 Å². The monoisotopic (exact) mass is 244 g/mol. The lowest BCUT2D eigenvalue weighted by molar-refractivity contribution is 0.0935. The van der Waals surface area contributed by atoms with Crippen molar-refractivity contribution >= 4 is 11.6 Å². The van der Waals surface area contributed by atoms with Gasteiger partial charge in [-0.25, -0.2) is 0 Å². The Bertz CT molecular complexity index is 547. The van der Waals surface area contributed by atoms with Crippen LogP contribution in [0.5, 0.6) is 0 Å². The number of nitrogen functional groups attached to an aromatic ring is 1. The van der Waals surface area contributed by atoms with E-state index in [1.165, 1.54) is 0 Å². The van der Waals surface area contributed by atoms with Crippen LogP contribution in [0.2, 0.25) is 0 Å².